The number of carbonyl (C=O) groups is 1. The van der Waals surface area contributed by atoms with E-state index in [1.165, 1.54) is 0 Å². The first-order chi connectivity index (χ1) is 9.54. The number of nitrogens with zero attached hydrogens (tertiary/aromatic N) is 2. The summed E-state index contributed by atoms with van der Waals surface area (Å²) in [5.41, 5.74) is 8.68. The van der Waals surface area contributed by atoms with Crippen LogP contribution < -0.4 is 11.1 Å². The lowest BCUT2D eigenvalue weighted by Gasteiger charge is -2.14. The SMILES string of the molecule is CCc1nn(C)c(C(=O)N[C@H](C)c2ccccc2)c1N. The van der Waals surface area contributed by atoms with Gasteiger partial charge in [0.2, 0.25) is 0 Å². The van der Waals surface area contributed by atoms with E-state index >= 15 is 0 Å². The van der Waals surface area contributed by atoms with Crippen LogP contribution in [0.25, 0.3) is 0 Å². The predicted octanol–water partition coefficient (Wildman–Crippen LogP) is 2.06. The average molecular weight is 272 g/mol. The molecule has 3 N–H and O–H groups in total. The van der Waals surface area contributed by atoms with Gasteiger partial charge in [-0.25, -0.2) is 0 Å². The fourth-order valence-corrected chi connectivity index (χ4v) is 2.22. The van der Waals surface area contributed by atoms with Gasteiger partial charge in [-0.2, -0.15) is 5.10 Å². The highest BCUT2D eigenvalue weighted by molar-refractivity contribution is 5.98. The summed E-state index contributed by atoms with van der Waals surface area (Å²) in [6, 6.07) is 9.73. The molecule has 1 aromatic carbocycles. The number of benzene rings is 1. The maximum atomic E-state index is 12.3. The molecule has 0 aliphatic heterocycles. The molecule has 0 fully saturated rings. The fraction of sp³-hybridized carbons (Fsp3) is 0.333. The van der Waals surface area contributed by atoms with Gasteiger partial charge in [-0.05, 0) is 18.9 Å². The molecule has 1 heterocycles. The van der Waals surface area contributed by atoms with Crippen LogP contribution in [-0.4, -0.2) is 15.7 Å². The van der Waals surface area contributed by atoms with E-state index in [1.54, 1.807) is 11.7 Å². The van der Waals surface area contributed by atoms with Crippen LogP contribution in [0.5, 0.6) is 0 Å². The van der Waals surface area contributed by atoms with Crippen molar-refractivity contribution < 1.29 is 4.79 Å². The molecule has 20 heavy (non-hydrogen) atoms. The van der Waals surface area contributed by atoms with Gasteiger partial charge >= 0.3 is 0 Å². The second-order valence-corrected chi connectivity index (χ2v) is 4.79. The molecule has 0 radical (unpaired) electrons. The molecular formula is C15H20N4O. The fourth-order valence-electron chi connectivity index (χ4n) is 2.22. The maximum Gasteiger partial charge on any atom is 0.272 e. The van der Waals surface area contributed by atoms with Gasteiger partial charge in [-0.3, -0.25) is 9.48 Å². The van der Waals surface area contributed by atoms with Crippen LogP contribution in [0.1, 0.15) is 41.6 Å². The first-order valence-corrected chi connectivity index (χ1v) is 6.71. The summed E-state index contributed by atoms with van der Waals surface area (Å²) in [4.78, 5) is 12.3. The van der Waals surface area contributed by atoms with E-state index in [1.807, 2.05) is 44.2 Å². The van der Waals surface area contributed by atoms with Crippen LogP contribution in [0.2, 0.25) is 0 Å². The number of amides is 1. The van der Waals surface area contributed by atoms with Crippen LogP contribution >= 0.6 is 0 Å². The molecular weight excluding hydrogens is 252 g/mol. The van der Waals surface area contributed by atoms with Gasteiger partial charge in [-0.1, -0.05) is 37.3 Å². The average Bonchev–Trinajstić information content (AvgIpc) is 2.74. The zero-order valence-corrected chi connectivity index (χ0v) is 12.1. The van der Waals surface area contributed by atoms with E-state index in [0.29, 0.717) is 17.8 Å². The lowest BCUT2D eigenvalue weighted by Crippen LogP contribution is -2.29. The number of anilines is 1. The quantitative estimate of drug-likeness (QED) is 0.894. The number of hydrogen-bond donors (Lipinski definition) is 2. The molecule has 5 heteroatoms. The van der Waals surface area contributed by atoms with Crippen molar-refractivity contribution in [2.45, 2.75) is 26.3 Å². The zero-order valence-electron chi connectivity index (χ0n) is 12.1. The van der Waals surface area contributed by atoms with Crippen molar-refractivity contribution in [3.05, 3.63) is 47.3 Å². The Bertz CT molecular complexity index is 604. The maximum absolute atomic E-state index is 12.3. The normalized spacial score (nSPS) is 12.2. The van der Waals surface area contributed by atoms with E-state index in [4.69, 9.17) is 5.73 Å². The molecule has 5 nitrogen and oxygen atoms in total. The molecule has 2 aromatic rings. The highest BCUT2D eigenvalue weighted by atomic mass is 16.2. The van der Waals surface area contributed by atoms with Gasteiger partial charge in [0.15, 0.2) is 0 Å². The molecule has 1 amide bonds. The standard InChI is InChI=1S/C15H20N4O/c1-4-12-13(16)14(19(3)18-12)15(20)17-10(2)11-8-6-5-7-9-11/h5-10H,4,16H2,1-3H3,(H,17,20)/t10-/m1/s1. The summed E-state index contributed by atoms with van der Waals surface area (Å²) < 4.78 is 1.54. The van der Waals surface area contributed by atoms with Crippen molar-refractivity contribution in [3.63, 3.8) is 0 Å². The number of aromatic nitrogens is 2. The smallest absolute Gasteiger partial charge is 0.272 e. The third-order valence-electron chi connectivity index (χ3n) is 3.36. The molecule has 1 atom stereocenters. The van der Waals surface area contributed by atoms with Crippen molar-refractivity contribution in [2.24, 2.45) is 7.05 Å². The minimum absolute atomic E-state index is 0.0805. The van der Waals surface area contributed by atoms with Gasteiger partial charge in [0.25, 0.3) is 5.91 Å². The molecule has 0 bridgehead atoms. The highest BCUT2D eigenvalue weighted by Crippen LogP contribution is 2.18. The Morgan fingerprint density at radius 1 is 1.40 bits per heavy atom. The van der Waals surface area contributed by atoms with Crippen molar-refractivity contribution in [1.29, 1.82) is 0 Å². The van der Waals surface area contributed by atoms with Crippen LogP contribution in [-0.2, 0) is 13.5 Å². The number of hydrogen-bond acceptors (Lipinski definition) is 3. The van der Waals surface area contributed by atoms with E-state index in [2.05, 4.69) is 10.4 Å². The summed E-state index contributed by atoms with van der Waals surface area (Å²) in [7, 11) is 1.73. The molecule has 0 aliphatic rings. The number of rotatable bonds is 4. The minimum atomic E-state index is -0.200. The molecule has 2 rings (SSSR count). The lowest BCUT2D eigenvalue weighted by molar-refractivity contribution is 0.0931. The number of carbonyl (C=O) groups excluding carboxylic acids is 1. The molecule has 0 saturated carbocycles. The predicted molar refractivity (Wildman–Crippen MR) is 79.3 cm³/mol. The van der Waals surface area contributed by atoms with Crippen LogP contribution in [0.4, 0.5) is 5.69 Å². The molecule has 0 saturated heterocycles. The molecule has 0 spiro atoms. The van der Waals surface area contributed by atoms with Gasteiger partial charge in [0, 0.05) is 7.05 Å². The molecule has 0 unspecified atom stereocenters. The van der Waals surface area contributed by atoms with E-state index in [-0.39, 0.29) is 11.9 Å². The van der Waals surface area contributed by atoms with E-state index in [9.17, 15) is 4.79 Å². The van der Waals surface area contributed by atoms with Crippen molar-refractivity contribution >= 4 is 11.6 Å². The van der Waals surface area contributed by atoms with Crippen LogP contribution in [0, 0.1) is 0 Å². The number of nitrogens with one attached hydrogen (secondary N) is 1. The monoisotopic (exact) mass is 272 g/mol. The molecule has 106 valence electrons. The number of aryl methyl sites for hydroxylation is 2. The van der Waals surface area contributed by atoms with Crippen molar-refractivity contribution in [3.8, 4) is 0 Å². The summed E-state index contributed by atoms with van der Waals surface area (Å²) in [6.45, 7) is 3.91. The number of nitrogen functional groups attached to an aromatic ring is 1. The Balaban J connectivity index is 2.19. The van der Waals surface area contributed by atoms with E-state index < -0.39 is 0 Å². The molecule has 0 aliphatic carbocycles. The number of nitrogens with two attached hydrogens (primary N) is 1. The van der Waals surface area contributed by atoms with Gasteiger partial charge in [0.05, 0.1) is 17.4 Å². The summed E-state index contributed by atoms with van der Waals surface area (Å²) >= 11 is 0. The van der Waals surface area contributed by atoms with Crippen molar-refractivity contribution in [1.82, 2.24) is 15.1 Å². The van der Waals surface area contributed by atoms with Crippen LogP contribution in [0.15, 0.2) is 30.3 Å². The second kappa shape index (κ2) is 5.77. The van der Waals surface area contributed by atoms with Gasteiger partial charge in [-0.15, -0.1) is 0 Å². The Labute approximate surface area is 118 Å². The summed E-state index contributed by atoms with van der Waals surface area (Å²) in [5, 5.41) is 7.21. The summed E-state index contributed by atoms with van der Waals surface area (Å²) in [5.74, 6) is -0.200. The first kappa shape index (κ1) is 14.1. The first-order valence-electron chi connectivity index (χ1n) is 6.71. The van der Waals surface area contributed by atoms with Gasteiger partial charge in [0.1, 0.15) is 5.69 Å². The Morgan fingerprint density at radius 3 is 2.60 bits per heavy atom. The van der Waals surface area contributed by atoms with Gasteiger partial charge < -0.3 is 11.1 Å². The summed E-state index contributed by atoms with van der Waals surface area (Å²) in [6.07, 6.45) is 0.710. The zero-order chi connectivity index (χ0) is 14.7. The Hall–Kier alpha value is -2.30. The van der Waals surface area contributed by atoms with Crippen molar-refractivity contribution in [2.75, 3.05) is 5.73 Å². The third-order valence-corrected chi connectivity index (χ3v) is 3.36. The Kier molecular flexibility index (Phi) is 4.08. The second-order valence-electron chi connectivity index (χ2n) is 4.79. The Morgan fingerprint density at radius 2 is 2.05 bits per heavy atom. The minimum Gasteiger partial charge on any atom is -0.395 e. The third kappa shape index (κ3) is 2.66. The largest absolute Gasteiger partial charge is 0.395 e. The molecule has 1 aromatic heterocycles. The van der Waals surface area contributed by atoms with Crippen LogP contribution in [0.3, 0.4) is 0 Å². The highest BCUT2D eigenvalue weighted by Gasteiger charge is 2.20. The lowest BCUT2D eigenvalue weighted by atomic mass is 10.1. The topological polar surface area (TPSA) is 72.9 Å². The van der Waals surface area contributed by atoms with E-state index in [0.717, 1.165) is 11.3 Å².